The minimum absolute atomic E-state index is 0.619. The van der Waals surface area contributed by atoms with E-state index in [9.17, 15) is 0 Å². The molecule has 0 aliphatic rings. The standard InChI is InChI=1S/C19H14N4O2S/c1-24-14-8-6-12(7-9-14)10-17-22-23-18(20-21-19(23)26-17)16-11-13-4-2-3-5-15(13)25-16/h2-9,11H,10H2,1H3. The number of rotatable bonds is 4. The fourth-order valence-corrected chi connectivity index (χ4v) is 3.76. The van der Waals surface area contributed by atoms with E-state index < -0.39 is 0 Å². The van der Waals surface area contributed by atoms with Crippen molar-refractivity contribution in [3.8, 4) is 17.3 Å². The van der Waals surface area contributed by atoms with Gasteiger partial charge in [0.2, 0.25) is 10.8 Å². The second-order valence-electron chi connectivity index (χ2n) is 5.89. The van der Waals surface area contributed by atoms with Crippen LogP contribution in [0.3, 0.4) is 0 Å². The summed E-state index contributed by atoms with van der Waals surface area (Å²) in [5, 5.41) is 15.2. The van der Waals surface area contributed by atoms with Gasteiger partial charge >= 0.3 is 0 Å². The molecule has 0 aliphatic carbocycles. The van der Waals surface area contributed by atoms with Crippen molar-refractivity contribution in [2.45, 2.75) is 6.42 Å². The van der Waals surface area contributed by atoms with Gasteiger partial charge in [-0.3, -0.25) is 0 Å². The highest BCUT2D eigenvalue weighted by Gasteiger charge is 2.17. The molecule has 0 atom stereocenters. The molecule has 0 unspecified atom stereocenters. The van der Waals surface area contributed by atoms with Crippen LogP contribution in [0.1, 0.15) is 10.6 Å². The van der Waals surface area contributed by atoms with E-state index in [1.165, 1.54) is 16.9 Å². The van der Waals surface area contributed by atoms with Crippen LogP contribution >= 0.6 is 11.3 Å². The molecule has 0 aliphatic heterocycles. The number of benzene rings is 2. The van der Waals surface area contributed by atoms with Crippen molar-refractivity contribution in [2.24, 2.45) is 0 Å². The number of furan rings is 1. The fourth-order valence-electron chi connectivity index (χ4n) is 2.89. The molecule has 0 saturated carbocycles. The Kier molecular flexibility index (Phi) is 3.46. The molecule has 0 fully saturated rings. The highest BCUT2D eigenvalue weighted by molar-refractivity contribution is 7.16. The minimum atomic E-state index is 0.619. The summed E-state index contributed by atoms with van der Waals surface area (Å²) in [4.78, 5) is 0.754. The molecule has 5 rings (SSSR count). The molecule has 6 nitrogen and oxygen atoms in total. The van der Waals surface area contributed by atoms with Gasteiger partial charge < -0.3 is 9.15 Å². The van der Waals surface area contributed by atoms with Gasteiger partial charge in [0.25, 0.3) is 0 Å². The first kappa shape index (κ1) is 15.1. The quantitative estimate of drug-likeness (QED) is 0.479. The molecule has 128 valence electrons. The minimum Gasteiger partial charge on any atom is -0.497 e. The lowest BCUT2D eigenvalue weighted by Gasteiger charge is -2.01. The molecule has 3 aromatic heterocycles. The maximum Gasteiger partial charge on any atom is 0.235 e. The smallest absolute Gasteiger partial charge is 0.235 e. The predicted octanol–water partition coefficient (Wildman–Crippen LogP) is 4.20. The summed E-state index contributed by atoms with van der Waals surface area (Å²) >= 11 is 1.53. The van der Waals surface area contributed by atoms with Crippen molar-refractivity contribution < 1.29 is 9.15 Å². The number of methoxy groups -OCH3 is 1. The summed E-state index contributed by atoms with van der Waals surface area (Å²) in [5.41, 5.74) is 1.99. The Morgan fingerprint density at radius 1 is 1.08 bits per heavy atom. The second-order valence-corrected chi connectivity index (χ2v) is 6.93. The summed E-state index contributed by atoms with van der Waals surface area (Å²) in [6.07, 6.45) is 0.734. The molecule has 5 aromatic rings. The van der Waals surface area contributed by atoms with Gasteiger partial charge in [-0.05, 0) is 29.8 Å². The van der Waals surface area contributed by atoms with E-state index in [0.717, 1.165) is 33.1 Å². The Balaban J connectivity index is 1.50. The number of para-hydroxylation sites is 1. The highest BCUT2D eigenvalue weighted by atomic mass is 32.1. The van der Waals surface area contributed by atoms with Crippen LogP contribution < -0.4 is 4.74 Å². The van der Waals surface area contributed by atoms with Crippen molar-refractivity contribution in [3.63, 3.8) is 0 Å². The van der Waals surface area contributed by atoms with E-state index in [1.54, 1.807) is 11.6 Å². The monoisotopic (exact) mass is 362 g/mol. The number of hydrogen-bond donors (Lipinski definition) is 0. The molecule has 26 heavy (non-hydrogen) atoms. The van der Waals surface area contributed by atoms with Gasteiger partial charge in [-0.25, -0.2) is 0 Å². The predicted molar refractivity (Wildman–Crippen MR) is 99.7 cm³/mol. The number of nitrogens with zero attached hydrogens (tertiary/aromatic N) is 4. The van der Waals surface area contributed by atoms with Crippen LogP contribution in [-0.4, -0.2) is 26.9 Å². The Hall–Kier alpha value is -3.19. The maximum atomic E-state index is 5.90. The van der Waals surface area contributed by atoms with Crippen molar-refractivity contribution in [3.05, 3.63) is 65.2 Å². The van der Waals surface area contributed by atoms with E-state index in [0.29, 0.717) is 11.6 Å². The first-order valence-electron chi connectivity index (χ1n) is 8.13. The van der Waals surface area contributed by atoms with Gasteiger partial charge in [0, 0.05) is 11.8 Å². The summed E-state index contributed by atoms with van der Waals surface area (Å²) in [6, 6.07) is 17.8. The lowest BCUT2D eigenvalue weighted by molar-refractivity contribution is 0.414. The van der Waals surface area contributed by atoms with Crippen LogP contribution in [0.25, 0.3) is 27.5 Å². The molecule has 0 saturated heterocycles. The van der Waals surface area contributed by atoms with Gasteiger partial charge in [-0.15, -0.1) is 10.2 Å². The number of fused-ring (bicyclic) bond motifs is 2. The van der Waals surface area contributed by atoms with E-state index in [2.05, 4.69) is 15.3 Å². The molecular weight excluding hydrogens is 348 g/mol. The zero-order chi connectivity index (χ0) is 17.5. The average Bonchev–Trinajstić information content (AvgIpc) is 3.35. The number of hydrogen-bond acceptors (Lipinski definition) is 6. The fraction of sp³-hybridized carbons (Fsp3) is 0.105. The molecule has 0 amide bonds. The van der Waals surface area contributed by atoms with Gasteiger partial charge in [0.1, 0.15) is 16.3 Å². The van der Waals surface area contributed by atoms with Gasteiger partial charge in [0.05, 0.1) is 7.11 Å². The normalized spacial score (nSPS) is 11.4. The third kappa shape index (κ3) is 2.53. The van der Waals surface area contributed by atoms with E-state index >= 15 is 0 Å². The molecule has 3 heterocycles. The molecule has 2 aromatic carbocycles. The van der Waals surface area contributed by atoms with E-state index in [4.69, 9.17) is 9.15 Å². The lowest BCUT2D eigenvalue weighted by atomic mass is 10.1. The zero-order valence-electron chi connectivity index (χ0n) is 13.9. The van der Waals surface area contributed by atoms with Crippen LogP contribution in [-0.2, 0) is 6.42 Å². The van der Waals surface area contributed by atoms with Gasteiger partial charge in [-0.1, -0.05) is 41.7 Å². The lowest BCUT2D eigenvalue weighted by Crippen LogP contribution is -1.93. The van der Waals surface area contributed by atoms with Crippen molar-refractivity contribution in [1.29, 1.82) is 0 Å². The Morgan fingerprint density at radius 3 is 2.73 bits per heavy atom. The van der Waals surface area contributed by atoms with E-state index in [1.807, 2.05) is 54.6 Å². The average molecular weight is 362 g/mol. The summed E-state index contributed by atoms with van der Waals surface area (Å²) < 4.78 is 12.9. The molecule has 0 spiro atoms. The van der Waals surface area contributed by atoms with E-state index in [-0.39, 0.29) is 0 Å². The first-order chi connectivity index (χ1) is 12.8. The van der Waals surface area contributed by atoms with Gasteiger partial charge in [0.15, 0.2) is 5.76 Å². The second kappa shape index (κ2) is 5.96. The molecule has 7 heteroatoms. The highest BCUT2D eigenvalue weighted by Crippen LogP contribution is 2.28. The van der Waals surface area contributed by atoms with Crippen molar-refractivity contribution in [1.82, 2.24) is 19.8 Å². The topological polar surface area (TPSA) is 65.5 Å². The van der Waals surface area contributed by atoms with Crippen LogP contribution in [0, 0.1) is 0 Å². The molecular formula is C19H14N4O2S. The number of aromatic nitrogens is 4. The first-order valence-corrected chi connectivity index (χ1v) is 8.95. The zero-order valence-corrected chi connectivity index (χ0v) is 14.7. The third-order valence-corrected chi connectivity index (χ3v) is 5.09. The summed E-state index contributed by atoms with van der Waals surface area (Å²) in [6.45, 7) is 0. The van der Waals surface area contributed by atoms with Gasteiger partial charge in [-0.2, -0.15) is 9.61 Å². The SMILES string of the molecule is COc1ccc(Cc2nn3c(-c4cc5ccccc5o4)nnc3s2)cc1. The largest absolute Gasteiger partial charge is 0.497 e. The maximum absolute atomic E-state index is 5.90. The molecule has 0 bridgehead atoms. The van der Waals surface area contributed by atoms with Crippen LogP contribution in [0.5, 0.6) is 5.75 Å². The Labute approximate surface area is 152 Å². The van der Waals surface area contributed by atoms with Crippen LogP contribution in [0.2, 0.25) is 0 Å². The molecule has 0 N–H and O–H groups in total. The number of ether oxygens (including phenoxy) is 1. The third-order valence-electron chi connectivity index (χ3n) is 4.19. The van der Waals surface area contributed by atoms with Crippen molar-refractivity contribution >= 4 is 27.3 Å². The Morgan fingerprint density at radius 2 is 1.92 bits per heavy atom. The molecule has 0 radical (unpaired) electrons. The van der Waals surface area contributed by atoms with Crippen molar-refractivity contribution in [2.75, 3.05) is 7.11 Å². The van der Waals surface area contributed by atoms with Crippen LogP contribution in [0.4, 0.5) is 0 Å². The summed E-state index contributed by atoms with van der Waals surface area (Å²) in [7, 11) is 1.66. The summed E-state index contributed by atoms with van der Waals surface area (Å²) in [5.74, 6) is 2.13. The Bertz CT molecular complexity index is 1170. The van der Waals surface area contributed by atoms with Crippen LogP contribution in [0.15, 0.2) is 59.0 Å².